The van der Waals surface area contributed by atoms with Crippen molar-refractivity contribution in [1.82, 2.24) is 20.4 Å². The maximum atomic E-state index is 12.4. The average Bonchev–Trinajstić information content (AvgIpc) is 2.64. The molecule has 0 saturated carbocycles. The average molecular weight is 282 g/mol. The Labute approximate surface area is 118 Å². The molecule has 20 heavy (non-hydrogen) atoms. The second-order valence-electron chi connectivity index (χ2n) is 5.81. The lowest BCUT2D eigenvalue weighted by Gasteiger charge is -2.29. The fourth-order valence-corrected chi connectivity index (χ4v) is 2.40. The van der Waals surface area contributed by atoms with E-state index in [0.717, 1.165) is 18.0 Å². The van der Waals surface area contributed by atoms with Gasteiger partial charge in [-0.25, -0.2) is 4.79 Å². The van der Waals surface area contributed by atoms with Gasteiger partial charge >= 0.3 is 6.03 Å². The van der Waals surface area contributed by atoms with E-state index in [-0.39, 0.29) is 24.3 Å². The number of rotatable bonds is 3. The summed E-state index contributed by atoms with van der Waals surface area (Å²) in [6, 6.07) is -0.477. The van der Waals surface area contributed by atoms with E-state index < -0.39 is 11.6 Å². The summed E-state index contributed by atoms with van der Waals surface area (Å²) in [6.45, 7) is 8.00. The van der Waals surface area contributed by atoms with Gasteiger partial charge in [-0.05, 0) is 12.8 Å². The number of hydrogen-bond acceptors (Lipinski definition) is 4. The molecule has 2 aliphatic rings. The zero-order valence-electron chi connectivity index (χ0n) is 12.2. The van der Waals surface area contributed by atoms with Crippen LogP contribution in [0.4, 0.5) is 4.79 Å². The summed E-state index contributed by atoms with van der Waals surface area (Å²) in [7, 11) is 0. The molecular weight excluding hydrogens is 260 g/mol. The van der Waals surface area contributed by atoms with Crippen LogP contribution in [-0.2, 0) is 9.59 Å². The largest absolute Gasteiger partial charge is 0.339 e. The van der Waals surface area contributed by atoms with Gasteiger partial charge < -0.3 is 15.5 Å². The van der Waals surface area contributed by atoms with E-state index in [1.165, 1.54) is 0 Å². The van der Waals surface area contributed by atoms with Crippen LogP contribution in [0.15, 0.2) is 0 Å². The molecule has 2 N–H and O–H groups in total. The highest BCUT2D eigenvalue weighted by atomic mass is 16.2. The van der Waals surface area contributed by atoms with Crippen molar-refractivity contribution in [3.8, 4) is 0 Å². The Morgan fingerprint density at radius 3 is 2.40 bits per heavy atom. The summed E-state index contributed by atoms with van der Waals surface area (Å²) >= 11 is 0. The molecule has 7 heteroatoms. The van der Waals surface area contributed by atoms with Crippen LogP contribution >= 0.6 is 0 Å². The maximum Gasteiger partial charge on any atom is 0.325 e. The number of nitrogens with zero attached hydrogens (tertiary/aromatic N) is 2. The number of hydrogen-bond donors (Lipinski definition) is 2. The van der Waals surface area contributed by atoms with E-state index in [1.54, 1.807) is 11.8 Å². The van der Waals surface area contributed by atoms with E-state index in [0.29, 0.717) is 13.1 Å². The second kappa shape index (κ2) is 5.40. The molecule has 7 nitrogen and oxygen atoms in total. The Bertz CT molecular complexity index is 431. The molecule has 1 unspecified atom stereocenters. The third-order valence-electron chi connectivity index (χ3n) is 4.22. The van der Waals surface area contributed by atoms with E-state index in [4.69, 9.17) is 0 Å². The number of amides is 4. The van der Waals surface area contributed by atoms with Gasteiger partial charge in [0, 0.05) is 26.2 Å². The Morgan fingerprint density at radius 1 is 1.30 bits per heavy atom. The molecule has 0 spiro atoms. The molecule has 1 atom stereocenters. The van der Waals surface area contributed by atoms with Gasteiger partial charge in [0.05, 0.1) is 0 Å². The molecule has 2 aliphatic heterocycles. The fourth-order valence-electron chi connectivity index (χ4n) is 2.40. The lowest BCUT2D eigenvalue weighted by molar-refractivity contribution is -0.139. The molecule has 0 bridgehead atoms. The normalized spacial score (nSPS) is 27.2. The third-order valence-corrected chi connectivity index (χ3v) is 4.22. The van der Waals surface area contributed by atoms with E-state index in [1.807, 2.05) is 13.8 Å². The van der Waals surface area contributed by atoms with Gasteiger partial charge in [-0.2, -0.15) is 0 Å². The Balaban J connectivity index is 2.04. The van der Waals surface area contributed by atoms with Crippen molar-refractivity contribution in [3.05, 3.63) is 0 Å². The van der Waals surface area contributed by atoms with Crippen molar-refractivity contribution in [2.24, 2.45) is 5.92 Å². The molecule has 0 radical (unpaired) electrons. The molecule has 0 aromatic heterocycles. The minimum atomic E-state index is -0.916. The molecule has 4 amide bonds. The van der Waals surface area contributed by atoms with Gasteiger partial charge in [0.15, 0.2) is 0 Å². The molecular formula is C13H22N4O3. The van der Waals surface area contributed by atoms with Crippen LogP contribution in [0.2, 0.25) is 0 Å². The van der Waals surface area contributed by atoms with Crippen molar-refractivity contribution in [3.63, 3.8) is 0 Å². The van der Waals surface area contributed by atoms with Crippen LogP contribution in [0, 0.1) is 5.92 Å². The number of carbonyl (C=O) groups excluding carboxylic acids is 3. The van der Waals surface area contributed by atoms with Gasteiger partial charge in [-0.15, -0.1) is 0 Å². The summed E-state index contributed by atoms with van der Waals surface area (Å²) < 4.78 is 0. The van der Waals surface area contributed by atoms with Gasteiger partial charge in [-0.1, -0.05) is 13.8 Å². The summed E-state index contributed by atoms with van der Waals surface area (Å²) in [5, 5.41) is 5.85. The van der Waals surface area contributed by atoms with Crippen LogP contribution in [0.5, 0.6) is 0 Å². The second-order valence-corrected chi connectivity index (χ2v) is 5.81. The topological polar surface area (TPSA) is 81.8 Å². The van der Waals surface area contributed by atoms with Crippen molar-refractivity contribution in [2.45, 2.75) is 26.3 Å². The third kappa shape index (κ3) is 2.49. The van der Waals surface area contributed by atoms with Crippen LogP contribution < -0.4 is 10.6 Å². The SMILES string of the molecule is CC(C)C1(C)NC(=O)N(CC(=O)N2CCNCC2)C1=O. The zero-order valence-corrected chi connectivity index (χ0v) is 12.2. The molecule has 0 aromatic carbocycles. The van der Waals surface area contributed by atoms with E-state index in [2.05, 4.69) is 10.6 Å². The Hall–Kier alpha value is -1.63. The molecule has 2 fully saturated rings. The first kappa shape index (κ1) is 14.8. The maximum absolute atomic E-state index is 12.4. The highest BCUT2D eigenvalue weighted by Crippen LogP contribution is 2.25. The fraction of sp³-hybridized carbons (Fsp3) is 0.769. The van der Waals surface area contributed by atoms with E-state index in [9.17, 15) is 14.4 Å². The monoisotopic (exact) mass is 282 g/mol. The van der Waals surface area contributed by atoms with Crippen molar-refractivity contribution in [1.29, 1.82) is 0 Å². The number of carbonyl (C=O) groups is 3. The quantitative estimate of drug-likeness (QED) is 0.676. The highest BCUT2D eigenvalue weighted by Gasteiger charge is 2.50. The summed E-state index contributed by atoms with van der Waals surface area (Å²) in [6.07, 6.45) is 0. The van der Waals surface area contributed by atoms with Gasteiger partial charge in [0.1, 0.15) is 12.1 Å². The first-order valence-electron chi connectivity index (χ1n) is 6.99. The number of nitrogens with one attached hydrogen (secondary N) is 2. The van der Waals surface area contributed by atoms with Crippen LogP contribution in [0.1, 0.15) is 20.8 Å². The minimum absolute atomic E-state index is 0.0294. The highest BCUT2D eigenvalue weighted by molar-refractivity contribution is 6.08. The van der Waals surface area contributed by atoms with Crippen LogP contribution in [0.25, 0.3) is 0 Å². The zero-order chi connectivity index (χ0) is 14.9. The summed E-state index contributed by atoms with van der Waals surface area (Å²) in [5.41, 5.74) is -0.916. The Kier molecular flexibility index (Phi) is 3.99. The molecule has 0 aromatic rings. The first-order valence-corrected chi connectivity index (χ1v) is 6.99. The van der Waals surface area contributed by atoms with Crippen molar-refractivity contribution >= 4 is 17.8 Å². The predicted octanol–water partition coefficient (Wildman–Crippen LogP) is -0.615. The summed E-state index contributed by atoms with van der Waals surface area (Å²) in [4.78, 5) is 39.2. The first-order chi connectivity index (χ1) is 9.36. The number of imide groups is 1. The minimum Gasteiger partial charge on any atom is -0.339 e. The lowest BCUT2D eigenvalue weighted by atomic mass is 9.88. The van der Waals surface area contributed by atoms with Gasteiger partial charge in [-0.3, -0.25) is 14.5 Å². The smallest absolute Gasteiger partial charge is 0.325 e. The molecule has 0 aliphatic carbocycles. The lowest BCUT2D eigenvalue weighted by Crippen LogP contribution is -2.51. The number of piperazine rings is 1. The standard InChI is InChI=1S/C13H22N4O3/c1-9(2)13(3)11(19)17(12(20)15-13)8-10(18)16-6-4-14-5-7-16/h9,14H,4-8H2,1-3H3,(H,15,20). The summed E-state index contributed by atoms with van der Waals surface area (Å²) in [5.74, 6) is -0.526. The van der Waals surface area contributed by atoms with Crippen LogP contribution in [-0.4, -0.2) is 65.9 Å². The predicted molar refractivity (Wildman–Crippen MR) is 72.9 cm³/mol. The molecule has 2 heterocycles. The van der Waals surface area contributed by atoms with Gasteiger partial charge in [0.25, 0.3) is 5.91 Å². The molecule has 112 valence electrons. The van der Waals surface area contributed by atoms with Crippen molar-refractivity contribution < 1.29 is 14.4 Å². The van der Waals surface area contributed by atoms with E-state index >= 15 is 0 Å². The molecule has 2 rings (SSSR count). The van der Waals surface area contributed by atoms with Crippen molar-refractivity contribution in [2.75, 3.05) is 32.7 Å². The number of urea groups is 1. The Morgan fingerprint density at radius 2 is 1.90 bits per heavy atom. The van der Waals surface area contributed by atoms with Crippen LogP contribution in [0.3, 0.4) is 0 Å². The molecule has 2 saturated heterocycles. The van der Waals surface area contributed by atoms with Gasteiger partial charge in [0.2, 0.25) is 5.91 Å².